The molecule has 1 aliphatic rings. The van der Waals surface area contributed by atoms with E-state index < -0.39 is 0 Å². The number of halogens is 1. The average Bonchev–Trinajstić information content (AvgIpc) is 3.34. The lowest BCUT2D eigenvalue weighted by molar-refractivity contribution is 0.152. The van der Waals surface area contributed by atoms with E-state index in [9.17, 15) is 0 Å². The van der Waals surface area contributed by atoms with Gasteiger partial charge < -0.3 is 10.1 Å². The summed E-state index contributed by atoms with van der Waals surface area (Å²) in [7, 11) is 1.75. The third-order valence-electron chi connectivity index (χ3n) is 4.50. The molecule has 1 unspecified atom stereocenters. The zero-order valence-corrected chi connectivity index (χ0v) is 17.0. The number of ether oxygens (including phenoxy) is 1. The van der Waals surface area contributed by atoms with Gasteiger partial charge in [-0.15, -0.1) is 35.1 Å². The Morgan fingerprint density at radius 1 is 1.27 bits per heavy atom. The standard InChI is InChI=1S/C19H21N3OS2.ClH/c1-23-17-6-3-2-5-15(17)16-12-20-8-9-22(16)13-14-11-21-19(25-14)18-7-4-10-24-18;/h2-7,10-11,16,20H,8-9,12-13H2,1H3;1H. The fourth-order valence-electron chi connectivity index (χ4n) is 3.28. The van der Waals surface area contributed by atoms with E-state index >= 15 is 0 Å². The molecule has 4 rings (SSSR count). The molecule has 1 atom stereocenters. The van der Waals surface area contributed by atoms with Gasteiger partial charge in [-0.05, 0) is 17.5 Å². The summed E-state index contributed by atoms with van der Waals surface area (Å²) < 4.78 is 5.59. The Labute approximate surface area is 168 Å². The molecule has 7 heteroatoms. The minimum Gasteiger partial charge on any atom is -0.496 e. The van der Waals surface area contributed by atoms with Gasteiger partial charge in [-0.1, -0.05) is 24.3 Å². The highest BCUT2D eigenvalue weighted by Gasteiger charge is 2.26. The predicted octanol–water partition coefficient (Wildman–Crippen LogP) is 4.45. The Morgan fingerprint density at radius 3 is 2.96 bits per heavy atom. The summed E-state index contributed by atoms with van der Waals surface area (Å²) in [6, 6.07) is 12.9. The van der Waals surface area contributed by atoms with Crippen molar-refractivity contribution in [1.82, 2.24) is 15.2 Å². The smallest absolute Gasteiger partial charge is 0.133 e. The number of methoxy groups -OCH3 is 1. The summed E-state index contributed by atoms with van der Waals surface area (Å²) in [6.45, 7) is 3.90. The SMILES string of the molecule is COc1ccccc1C1CNCCN1Cc1cnc(-c2cccs2)s1.Cl. The van der Waals surface area contributed by atoms with Crippen LogP contribution in [0.2, 0.25) is 0 Å². The number of nitrogens with zero attached hydrogens (tertiary/aromatic N) is 2. The van der Waals surface area contributed by atoms with Crippen molar-refractivity contribution < 1.29 is 4.74 Å². The highest BCUT2D eigenvalue weighted by atomic mass is 35.5. The van der Waals surface area contributed by atoms with Crippen LogP contribution in [0.25, 0.3) is 9.88 Å². The molecule has 138 valence electrons. The molecule has 0 saturated carbocycles. The van der Waals surface area contributed by atoms with Crippen molar-refractivity contribution in [3.8, 4) is 15.6 Å². The third-order valence-corrected chi connectivity index (χ3v) is 6.52. The molecule has 26 heavy (non-hydrogen) atoms. The molecule has 3 aromatic rings. The van der Waals surface area contributed by atoms with E-state index in [0.29, 0.717) is 6.04 Å². The summed E-state index contributed by atoms with van der Waals surface area (Å²) in [6.07, 6.45) is 2.03. The molecule has 2 aromatic heterocycles. The third kappa shape index (κ3) is 4.10. The molecular formula is C19H22ClN3OS2. The van der Waals surface area contributed by atoms with Crippen LogP contribution in [-0.4, -0.2) is 36.6 Å². The van der Waals surface area contributed by atoms with E-state index in [1.807, 2.05) is 18.3 Å². The molecule has 0 amide bonds. The second kappa shape index (κ2) is 8.97. The number of thiophene rings is 1. The number of para-hydroxylation sites is 1. The number of benzene rings is 1. The van der Waals surface area contributed by atoms with E-state index in [0.717, 1.165) is 36.9 Å². The first-order valence-corrected chi connectivity index (χ1v) is 10.1. The van der Waals surface area contributed by atoms with Gasteiger partial charge in [0.25, 0.3) is 0 Å². The van der Waals surface area contributed by atoms with E-state index in [2.05, 4.69) is 44.8 Å². The molecule has 1 N–H and O–H groups in total. The number of piperazine rings is 1. The Bertz CT molecular complexity index is 822. The van der Waals surface area contributed by atoms with Gasteiger partial charge in [-0.2, -0.15) is 0 Å². The maximum Gasteiger partial charge on any atom is 0.133 e. The van der Waals surface area contributed by atoms with Crippen molar-refractivity contribution in [2.75, 3.05) is 26.7 Å². The van der Waals surface area contributed by atoms with Gasteiger partial charge in [0.05, 0.1) is 18.0 Å². The topological polar surface area (TPSA) is 37.4 Å². The quantitative estimate of drug-likeness (QED) is 0.678. The first-order chi connectivity index (χ1) is 12.3. The van der Waals surface area contributed by atoms with Crippen LogP contribution in [0.15, 0.2) is 48.0 Å². The lowest BCUT2D eigenvalue weighted by Gasteiger charge is -2.36. The van der Waals surface area contributed by atoms with E-state index in [1.54, 1.807) is 29.8 Å². The number of hydrogen-bond acceptors (Lipinski definition) is 6. The lowest BCUT2D eigenvalue weighted by Crippen LogP contribution is -2.45. The largest absolute Gasteiger partial charge is 0.496 e. The maximum atomic E-state index is 5.59. The normalized spacial score (nSPS) is 17.7. The fraction of sp³-hybridized carbons (Fsp3) is 0.316. The van der Waals surface area contributed by atoms with Crippen LogP contribution in [0.5, 0.6) is 5.75 Å². The van der Waals surface area contributed by atoms with Crippen LogP contribution in [0, 0.1) is 0 Å². The minimum absolute atomic E-state index is 0. The van der Waals surface area contributed by atoms with Gasteiger partial charge in [0.15, 0.2) is 0 Å². The number of thiazole rings is 1. The lowest BCUT2D eigenvalue weighted by atomic mass is 10.0. The maximum absolute atomic E-state index is 5.59. The molecule has 1 aliphatic heterocycles. The van der Waals surface area contributed by atoms with E-state index in [-0.39, 0.29) is 12.4 Å². The van der Waals surface area contributed by atoms with E-state index in [1.165, 1.54) is 15.3 Å². The van der Waals surface area contributed by atoms with Gasteiger partial charge in [-0.25, -0.2) is 4.98 Å². The van der Waals surface area contributed by atoms with Crippen LogP contribution >= 0.6 is 35.1 Å². The zero-order valence-electron chi connectivity index (χ0n) is 14.6. The van der Waals surface area contributed by atoms with Gasteiger partial charge in [0.1, 0.15) is 10.8 Å². The Kier molecular flexibility index (Phi) is 6.67. The number of nitrogens with one attached hydrogen (secondary N) is 1. The summed E-state index contributed by atoms with van der Waals surface area (Å²) >= 11 is 3.54. The van der Waals surface area contributed by atoms with Crippen molar-refractivity contribution >= 4 is 35.1 Å². The van der Waals surface area contributed by atoms with Crippen molar-refractivity contribution in [3.63, 3.8) is 0 Å². The molecular weight excluding hydrogens is 386 g/mol. The van der Waals surface area contributed by atoms with Gasteiger partial charge >= 0.3 is 0 Å². The number of aromatic nitrogens is 1. The van der Waals surface area contributed by atoms with E-state index in [4.69, 9.17) is 4.74 Å². The number of hydrogen-bond donors (Lipinski definition) is 1. The summed E-state index contributed by atoms with van der Waals surface area (Å²) in [5, 5.41) is 6.74. The van der Waals surface area contributed by atoms with Crippen molar-refractivity contribution in [3.05, 3.63) is 58.4 Å². The molecule has 0 bridgehead atoms. The van der Waals surface area contributed by atoms with Crippen molar-refractivity contribution in [2.24, 2.45) is 0 Å². The van der Waals surface area contributed by atoms with Gasteiger partial charge in [0.2, 0.25) is 0 Å². The second-order valence-electron chi connectivity index (χ2n) is 6.04. The van der Waals surface area contributed by atoms with Crippen molar-refractivity contribution in [2.45, 2.75) is 12.6 Å². The first-order valence-electron chi connectivity index (χ1n) is 8.41. The van der Waals surface area contributed by atoms with Gasteiger partial charge in [0, 0.05) is 42.8 Å². The van der Waals surface area contributed by atoms with Crippen LogP contribution in [-0.2, 0) is 6.54 Å². The predicted molar refractivity (Wildman–Crippen MR) is 112 cm³/mol. The van der Waals surface area contributed by atoms with Crippen molar-refractivity contribution in [1.29, 1.82) is 0 Å². The minimum atomic E-state index is 0. The molecule has 1 aromatic carbocycles. The highest BCUT2D eigenvalue weighted by molar-refractivity contribution is 7.20. The zero-order chi connectivity index (χ0) is 17.1. The monoisotopic (exact) mass is 407 g/mol. The first kappa shape index (κ1) is 19.3. The molecule has 0 aliphatic carbocycles. The van der Waals surface area contributed by atoms with Crippen LogP contribution in [0.3, 0.4) is 0 Å². The molecule has 0 radical (unpaired) electrons. The summed E-state index contributed by atoms with van der Waals surface area (Å²) in [5.74, 6) is 0.963. The molecule has 0 spiro atoms. The highest BCUT2D eigenvalue weighted by Crippen LogP contribution is 2.33. The average molecular weight is 408 g/mol. The second-order valence-corrected chi connectivity index (χ2v) is 8.10. The Morgan fingerprint density at radius 2 is 2.15 bits per heavy atom. The fourth-order valence-corrected chi connectivity index (χ4v) is 5.02. The Balaban J connectivity index is 0.00000196. The molecule has 1 fully saturated rings. The van der Waals surface area contributed by atoms with Gasteiger partial charge in [-0.3, -0.25) is 4.90 Å². The number of rotatable bonds is 5. The van der Waals surface area contributed by atoms with Crippen LogP contribution in [0.4, 0.5) is 0 Å². The molecule has 1 saturated heterocycles. The van der Waals surface area contributed by atoms with Crippen LogP contribution < -0.4 is 10.1 Å². The molecule has 3 heterocycles. The summed E-state index contributed by atoms with van der Waals surface area (Å²) in [5.41, 5.74) is 1.25. The Hall–Kier alpha value is -1.44. The van der Waals surface area contributed by atoms with Crippen LogP contribution in [0.1, 0.15) is 16.5 Å². The summed E-state index contributed by atoms with van der Waals surface area (Å²) in [4.78, 5) is 9.70. The molecule has 4 nitrogen and oxygen atoms in total.